The molecule has 6 rings (SSSR count). The molecular formula is C26H24ClN7O3. The zero-order valence-corrected chi connectivity index (χ0v) is 20.9. The number of likely N-dealkylation sites (N-methyl/N-ethyl adjacent to an activating group) is 1. The molecule has 0 unspecified atom stereocenters. The van der Waals surface area contributed by atoms with Gasteiger partial charge in [-0.3, -0.25) is 20.0 Å². The van der Waals surface area contributed by atoms with Crippen LogP contribution in [0.2, 0.25) is 5.02 Å². The molecule has 1 spiro atoms. The first-order chi connectivity index (χ1) is 17.8. The lowest BCUT2D eigenvalue weighted by atomic mass is 9.77. The second kappa shape index (κ2) is 8.82. The van der Waals surface area contributed by atoms with Crippen molar-refractivity contribution in [1.82, 2.24) is 19.9 Å². The van der Waals surface area contributed by atoms with E-state index in [4.69, 9.17) is 27.1 Å². The summed E-state index contributed by atoms with van der Waals surface area (Å²) in [5.41, 5.74) is 8.90. The molecule has 0 saturated carbocycles. The molecule has 188 valence electrons. The van der Waals surface area contributed by atoms with Crippen molar-refractivity contribution in [2.45, 2.75) is 18.6 Å². The SMILES string of the molecule is CN1CCC12CN(c1cc3nc(-c4ccc(OCc5ccccn5)c(Cl)c4)nc(N)c3cc1[N+](=O)[O-])C2. The van der Waals surface area contributed by atoms with Gasteiger partial charge in [-0.15, -0.1) is 0 Å². The van der Waals surface area contributed by atoms with E-state index in [-0.39, 0.29) is 28.6 Å². The predicted octanol–water partition coefficient (Wildman–Crippen LogP) is 4.31. The number of aromatic nitrogens is 3. The van der Waals surface area contributed by atoms with Gasteiger partial charge in [0.1, 0.15) is 23.9 Å². The quantitative estimate of drug-likeness (QED) is 0.294. The third kappa shape index (κ3) is 4.08. The van der Waals surface area contributed by atoms with Crippen molar-refractivity contribution in [3.8, 4) is 17.1 Å². The van der Waals surface area contributed by atoms with E-state index in [2.05, 4.69) is 21.9 Å². The first-order valence-electron chi connectivity index (χ1n) is 11.9. The van der Waals surface area contributed by atoms with Crippen molar-refractivity contribution in [3.05, 3.63) is 75.6 Å². The lowest BCUT2D eigenvalue weighted by Gasteiger charge is -2.62. The lowest BCUT2D eigenvalue weighted by molar-refractivity contribution is -0.384. The average Bonchev–Trinajstić information content (AvgIpc) is 2.86. The number of ether oxygens (including phenoxy) is 1. The molecule has 2 fully saturated rings. The molecule has 0 bridgehead atoms. The number of nitro groups is 1. The maximum absolute atomic E-state index is 11.9. The van der Waals surface area contributed by atoms with Crippen LogP contribution in [0.3, 0.4) is 0 Å². The van der Waals surface area contributed by atoms with Crippen LogP contribution in [0.4, 0.5) is 17.2 Å². The van der Waals surface area contributed by atoms with Gasteiger partial charge in [0.2, 0.25) is 0 Å². The number of nitro benzene ring substituents is 1. The molecular weight excluding hydrogens is 494 g/mol. The van der Waals surface area contributed by atoms with Crippen LogP contribution in [-0.2, 0) is 6.61 Å². The normalized spacial score (nSPS) is 16.4. The van der Waals surface area contributed by atoms with E-state index in [1.54, 1.807) is 30.5 Å². The number of fused-ring (bicyclic) bond motifs is 1. The molecule has 2 aliphatic rings. The number of nitrogens with zero attached hydrogens (tertiary/aromatic N) is 6. The van der Waals surface area contributed by atoms with Crippen LogP contribution >= 0.6 is 11.6 Å². The number of rotatable bonds is 6. The molecule has 0 radical (unpaired) electrons. The Morgan fingerprint density at radius 1 is 1.19 bits per heavy atom. The van der Waals surface area contributed by atoms with E-state index >= 15 is 0 Å². The van der Waals surface area contributed by atoms with E-state index in [9.17, 15) is 10.1 Å². The summed E-state index contributed by atoms with van der Waals surface area (Å²) in [7, 11) is 2.09. The van der Waals surface area contributed by atoms with Gasteiger partial charge in [0.25, 0.3) is 5.69 Å². The fourth-order valence-electron chi connectivity index (χ4n) is 4.98. The molecule has 0 aliphatic carbocycles. The Balaban J connectivity index is 1.31. The number of pyridine rings is 1. The summed E-state index contributed by atoms with van der Waals surface area (Å²) in [6.07, 6.45) is 2.81. The Hall–Kier alpha value is -4.02. The number of hydrogen-bond acceptors (Lipinski definition) is 9. The minimum Gasteiger partial charge on any atom is -0.486 e. The van der Waals surface area contributed by atoms with Gasteiger partial charge in [0.15, 0.2) is 5.82 Å². The van der Waals surface area contributed by atoms with Crippen LogP contribution in [0.5, 0.6) is 5.75 Å². The molecule has 2 aromatic heterocycles. The topological polar surface area (TPSA) is 124 Å². The Morgan fingerprint density at radius 3 is 2.68 bits per heavy atom. The van der Waals surface area contributed by atoms with Crippen LogP contribution in [-0.4, -0.2) is 57.0 Å². The fraction of sp³-hybridized carbons (Fsp3) is 0.269. The number of hydrogen-bond donors (Lipinski definition) is 1. The standard InChI is InChI=1S/C26H24ClN7O3/c1-32-9-7-26(32)14-33(15-26)21-12-20-18(11-22(21)34(35)36)24(28)31-25(30-20)16-5-6-23(19(27)10-16)37-13-17-4-2-3-8-29-17/h2-6,8,10-12H,7,9,13-15H2,1H3,(H2,28,30,31). The highest BCUT2D eigenvalue weighted by atomic mass is 35.5. The Bertz CT molecular complexity index is 1530. The Kier molecular flexibility index (Phi) is 5.58. The number of benzene rings is 2. The minimum atomic E-state index is -0.374. The van der Waals surface area contributed by atoms with E-state index < -0.39 is 0 Å². The van der Waals surface area contributed by atoms with E-state index in [1.165, 1.54) is 6.07 Å². The summed E-state index contributed by atoms with van der Waals surface area (Å²) in [5.74, 6) is 1.05. The molecule has 37 heavy (non-hydrogen) atoms. The molecule has 11 heteroatoms. The minimum absolute atomic E-state index is 0.00447. The van der Waals surface area contributed by atoms with Gasteiger partial charge < -0.3 is 15.4 Å². The monoisotopic (exact) mass is 517 g/mol. The van der Waals surface area contributed by atoms with Crippen LogP contribution < -0.4 is 15.4 Å². The predicted molar refractivity (Wildman–Crippen MR) is 142 cm³/mol. The van der Waals surface area contributed by atoms with E-state index in [1.807, 2.05) is 23.1 Å². The zero-order valence-electron chi connectivity index (χ0n) is 20.1. The molecule has 10 nitrogen and oxygen atoms in total. The van der Waals surface area contributed by atoms with Gasteiger partial charge in [0, 0.05) is 42.8 Å². The smallest absolute Gasteiger partial charge is 0.293 e. The van der Waals surface area contributed by atoms with Crippen molar-refractivity contribution >= 4 is 39.7 Å². The number of likely N-dealkylation sites (tertiary alicyclic amines) is 1. The van der Waals surface area contributed by atoms with Crippen molar-refractivity contribution in [2.24, 2.45) is 0 Å². The highest BCUT2D eigenvalue weighted by Crippen LogP contribution is 2.44. The average molecular weight is 518 g/mol. The van der Waals surface area contributed by atoms with Crippen LogP contribution in [0, 0.1) is 10.1 Å². The molecule has 2 N–H and O–H groups in total. The van der Waals surface area contributed by atoms with Crippen molar-refractivity contribution < 1.29 is 9.66 Å². The van der Waals surface area contributed by atoms with E-state index in [0.29, 0.717) is 38.8 Å². The van der Waals surface area contributed by atoms with Crippen molar-refractivity contribution in [2.75, 3.05) is 37.3 Å². The summed E-state index contributed by atoms with van der Waals surface area (Å²) < 4.78 is 5.81. The third-order valence-electron chi connectivity index (χ3n) is 7.34. The highest BCUT2D eigenvalue weighted by Gasteiger charge is 2.52. The molecule has 0 amide bonds. The van der Waals surface area contributed by atoms with E-state index in [0.717, 1.165) is 31.7 Å². The first-order valence-corrected chi connectivity index (χ1v) is 12.3. The molecule has 2 aromatic carbocycles. The van der Waals surface area contributed by atoms with Gasteiger partial charge in [0.05, 0.1) is 26.7 Å². The second-order valence-electron chi connectivity index (χ2n) is 9.55. The number of halogens is 1. The Labute approximate surface area is 217 Å². The van der Waals surface area contributed by atoms with Crippen LogP contribution in [0.25, 0.3) is 22.3 Å². The maximum atomic E-state index is 11.9. The summed E-state index contributed by atoms with van der Waals surface area (Å²) in [6, 6.07) is 14.1. The first kappa shape index (κ1) is 23.4. The van der Waals surface area contributed by atoms with Crippen molar-refractivity contribution in [3.63, 3.8) is 0 Å². The summed E-state index contributed by atoms with van der Waals surface area (Å²) in [5, 5.41) is 12.7. The lowest BCUT2D eigenvalue weighted by Crippen LogP contribution is -2.76. The van der Waals surface area contributed by atoms with Crippen molar-refractivity contribution in [1.29, 1.82) is 0 Å². The highest BCUT2D eigenvalue weighted by molar-refractivity contribution is 6.32. The van der Waals surface area contributed by atoms with Crippen LogP contribution in [0.1, 0.15) is 12.1 Å². The second-order valence-corrected chi connectivity index (χ2v) is 9.96. The molecule has 4 heterocycles. The summed E-state index contributed by atoms with van der Waals surface area (Å²) >= 11 is 6.49. The number of nitrogens with two attached hydrogens (primary N) is 1. The van der Waals surface area contributed by atoms with Gasteiger partial charge >= 0.3 is 0 Å². The maximum Gasteiger partial charge on any atom is 0.293 e. The summed E-state index contributed by atoms with van der Waals surface area (Å²) in [4.78, 5) is 29.2. The number of anilines is 2. The fourth-order valence-corrected chi connectivity index (χ4v) is 5.22. The summed E-state index contributed by atoms with van der Waals surface area (Å²) in [6.45, 7) is 2.84. The van der Waals surface area contributed by atoms with Gasteiger partial charge in [-0.2, -0.15) is 0 Å². The largest absolute Gasteiger partial charge is 0.486 e. The molecule has 2 saturated heterocycles. The molecule has 4 aromatic rings. The molecule has 0 atom stereocenters. The van der Waals surface area contributed by atoms with Gasteiger partial charge in [-0.25, -0.2) is 9.97 Å². The number of nitrogen functional groups attached to an aromatic ring is 1. The third-order valence-corrected chi connectivity index (χ3v) is 7.64. The molecule has 2 aliphatic heterocycles. The zero-order chi connectivity index (χ0) is 25.7. The van der Waals surface area contributed by atoms with Crippen LogP contribution in [0.15, 0.2) is 54.7 Å². The van der Waals surface area contributed by atoms with Gasteiger partial charge in [-0.05, 0) is 49.9 Å². The van der Waals surface area contributed by atoms with Gasteiger partial charge in [-0.1, -0.05) is 17.7 Å². The Morgan fingerprint density at radius 2 is 2.03 bits per heavy atom.